The molecule has 0 spiro atoms. The van der Waals surface area contributed by atoms with Crippen molar-refractivity contribution < 1.29 is 0 Å². The molecule has 0 unspecified atom stereocenters. The van der Waals surface area contributed by atoms with Crippen LogP contribution in [0.1, 0.15) is 22.3 Å². The predicted molar refractivity (Wildman–Crippen MR) is 421 cm³/mol. The zero-order valence-electron chi connectivity index (χ0n) is 56.8. The van der Waals surface area contributed by atoms with Crippen molar-refractivity contribution in [2.45, 2.75) is 27.7 Å². The summed E-state index contributed by atoms with van der Waals surface area (Å²) >= 11 is 0. The summed E-state index contributed by atoms with van der Waals surface area (Å²) in [6.45, 7) is 8.57. The fourth-order valence-corrected chi connectivity index (χ4v) is 14.3. The third-order valence-electron chi connectivity index (χ3n) is 19.8. The van der Waals surface area contributed by atoms with Crippen molar-refractivity contribution in [3.8, 4) is 135 Å². The quantitative estimate of drug-likeness (QED) is 0.114. The summed E-state index contributed by atoms with van der Waals surface area (Å²) in [5.74, 6) is 3.35. The summed E-state index contributed by atoms with van der Waals surface area (Å²) in [7, 11) is 0. The monoisotopic (exact) mass is 1310 g/mol. The molecule has 102 heavy (non-hydrogen) atoms. The van der Waals surface area contributed by atoms with Crippen LogP contribution in [-0.2, 0) is 0 Å². The fraction of sp³-hybridized carbons (Fsp3) is 0.0426. The van der Waals surface area contributed by atoms with Crippen LogP contribution in [0.15, 0.2) is 328 Å². The molecule has 482 valence electrons. The van der Waals surface area contributed by atoms with Gasteiger partial charge in [0.15, 0.2) is 34.9 Å². The van der Waals surface area contributed by atoms with E-state index in [1.165, 1.54) is 22.3 Å². The van der Waals surface area contributed by atoms with Gasteiger partial charge in [0.05, 0.1) is 33.4 Å². The molecule has 0 aliphatic heterocycles. The van der Waals surface area contributed by atoms with E-state index in [9.17, 15) is 0 Å². The van der Waals surface area contributed by atoms with Gasteiger partial charge in [-0.05, 0) is 157 Å². The molecule has 0 fully saturated rings. The third kappa shape index (κ3) is 11.4. The van der Waals surface area contributed by atoms with Crippen molar-refractivity contribution in [2.75, 3.05) is 0 Å². The Hall–Kier alpha value is -13.3. The Balaban J connectivity index is 0.969. The SMILES string of the molecule is Cc1ccc(-c2ccc3c(c2)c2cc(-c4ccc(C)cc4)ccc2n3-c2ccc(-c3nc(-c4ccccc4)nc(-c4ccccc4)n3)cc2-c2cc(-c3nc(-c4ccccc4)nc(-c4ccccc4)n3)ccc2-n2c3ccc(-c4ccc(C)cc4)cc3c3cc(-c4ccc(C)cc4)ccc32)cc1. The lowest BCUT2D eigenvalue weighted by Gasteiger charge is -2.21. The van der Waals surface area contributed by atoms with Crippen molar-refractivity contribution in [1.82, 2.24) is 39.0 Å². The summed E-state index contributed by atoms with van der Waals surface area (Å²) < 4.78 is 4.93. The highest BCUT2D eigenvalue weighted by atomic mass is 15.1. The van der Waals surface area contributed by atoms with Gasteiger partial charge in [-0.15, -0.1) is 0 Å². The van der Waals surface area contributed by atoms with E-state index in [0.717, 1.165) is 144 Å². The highest BCUT2D eigenvalue weighted by molar-refractivity contribution is 6.14. The van der Waals surface area contributed by atoms with E-state index < -0.39 is 0 Å². The second kappa shape index (κ2) is 25.5. The van der Waals surface area contributed by atoms with Crippen LogP contribution >= 0.6 is 0 Å². The van der Waals surface area contributed by atoms with Crippen LogP contribution in [0.5, 0.6) is 0 Å². The highest BCUT2D eigenvalue weighted by Crippen LogP contribution is 2.46. The molecule has 4 heterocycles. The maximum atomic E-state index is 5.43. The molecule has 0 N–H and O–H groups in total. The minimum absolute atomic E-state index is 0.530. The predicted octanol–water partition coefficient (Wildman–Crippen LogP) is 23.8. The van der Waals surface area contributed by atoms with E-state index in [1.54, 1.807) is 0 Å². The molecule has 18 aromatic rings. The Kier molecular flexibility index (Phi) is 15.3. The van der Waals surface area contributed by atoms with Gasteiger partial charge >= 0.3 is 0 Å². The number of benzene rings is 14. The minimum Gasteiger partial charge on any atom is -0.309 e. The summed E-state index contributed by atoms with van der Waals surface area (Å²) in [6.07, 6.45) is 0. The topological polar surface area (TPSA) is 87.2 Å². The first-order chi connectivity index (χ1) is 50.1. The van der Waals surface area contributed by atoms with Gasteiger partial charge in [0.25, 0.3) is 0 Å². The number of rotatable bonds is 13. The number of hydrogen-bond acceptors (Lipinski definition) is 6. The molecule has 0 radical (unpaired) electrons. The smallest absolute Gasteiger partial charge is 0.164 e. The lowest BCUT2D eigenvalue weighted by Crippen LogP contribution is -2.05. The third-order valence-corrected chi connectivity index (χ3v) is 19.8. The molecule has 0 saturated carbocycles. The van der Waals surface area contributed by atoms with E-state index >= 15 is 0 Å². The maximum absolute atomic E-state index is 5.43. The first kappa shape index (κ1) is 61.1. The highest BCUT2D eigenvalue weighted by Gasteiger charge is 2.26. The number of nitrogens with zero attached hydrogens (tertiary/aromatic N) is 8. The van der Waals surface area contributed by atoms with Crippen LogP contribution < -0.4 is 0 Å². The van der Waals surface area contributed by atoms with Crippen LogP contribution in [0.3, 0.4) is 0 Å². The Morgan fingerprint density at radius 3 is 0.618 bits per heavy atom. The summed E-state index contributed by atoms with van der Waals surface area (Å²) in [5, 5.41) is 4.51. The largest absolute Gasteiger partial charge is 0.309 e. The van der Waals surface area contributed by atoms with Gasteiger partial charge in [-0.25, -0.2) is 29.9 Å². The van der Waals surface area contributed by atoms with Crippen molar-refractivity contribution >= 4 is 43.6 Å². The van der Waals surface area contributed by atoms with Crippen molar-refractivity contribution in [3.05, 3.63) is 350 Å². The van der Waals surface area contributed by atoms with Crippen LogP contribution in [0.2, 0.25) is 0 Å². The first-order valence-electron chi connectivity index (χ1n) is 34.6. The standard InChI is InChI=1S/C94H66N8/c1-59-25-33-63(34-26-59)71-41-47-83-77(53-71)78-54-72(64-35-27-60(2)28-36-64)42-48-84(78)101(83)87-51-45-75(93-97-89(67-17-9-5-10-18-67)95-90(98-93)68-19-11-6-12-20-68)57-81(87)82-58-76(94-99-91(69-21-13-7-14-22-69)96-92(100-94)70-23-15-8-16-24-70)46-52-88(82)102-85-49-43-73(65-37-29-61(3)30-38-65)55-79(85)80-56-74(44-50-86(80)102)66-39-31-62(4)32-40-66/h5-58H,1-4H3. The molecular weight excluding hydrogens is 1240 g/mol. The molecule has 4 aromatic heterocycles. The average Bonchev–Trinajstić information content (AvgIpc) is 1.50. The van der Waals surface area contributed by atoms with Crippen molar-refractivity contribution in [2.24, 2.45) is 0 Å². The number of fused-ring (bicyclic) bond motifs is 6. The molecule has 0 bridgehead atoms. The first-order valence-corrected chi connectivity index (χ1v) is 34.6. The van der Waals surface area contributed by atoms with E-state index in [2.05, 4.69) is 292 Å². The minimum atomic E-state index is 0.530. The lowest BCUT2D eigenvalue weighted by atomic mass is 9.95. The van der Waals surface area contributed by atoms with Crippen LogP contribution in [-0.4, -0.2) is 39.0 Å². The normalized spacial score (nSPS) is 11.5. The van der Waals surface area contributed by atoms with Gasteiger partial charge in [0.2, 0.25) is 0 Å². The Morgan fingerprint density at radius 2 is 0.382 bits per heavy atom. The van der Waals surface area contributed by atoms with Crippen LogP contribution in [0, 0.1) is 27.7 Å². The molecular formula is C94H66N8. The average molecular weight is 1310 g/mol. The molecule has 0 aliphatic rings. The molecule has 0 aliphatic carbocycles. The zero-order chi connectivity index (χ0) is 68.4. The summed E-state index contributed by atoms with van der Waals surface area (Å²) in [5.41, 5.74) is 27.1. The fourth-order valence-electron chi connectivity index (χ4n) is 14.3. The lowest BCUT2D eigenvalue weighted by molar-refractivity contribution is 1.07. The molecule has 0 atom stereocenters. The Morgan fingerprint density at radius 1 is 0.176 bits per heavy atom. The summed E-state index contributed by atoms with van der Waals surface area (Å²) in [6, 6.07) is 118. The van der Waals surface area contributed by atoms with E-state index in [-0.39, 0.29) is 0 Å². The number of aryl methyl sites for hydroxylation is 4. The van der Waals surface area contributed by atoms with Crippen molar-refractivity contribution in [1.29, 1.82) is 0 Å². The van der Waals surface area contributed by atoms with E-state index in [4.69, 9.17) is 29.9 Å². The Labute approximate surface area is 592 Å². The molecule has 14 aromatic carbocycles. The molecule has 0 saturated heterocycles. The van der Waals surface area contributed by atoms with Gasteiger partial charge in [-0.3, -0.25) is 0 Å². The molecule has 8 nitrogen and oxygen atoms in total. The maximum Gasteiger partial charge on any atom is 0.164 e. The molecule has 18 rings (SSSR count). The van der Waals surface area contributed by atoms with Gasteiger partial charge in [0, 0.05) is 66.1 Å². The molecule has 8 heteroatoms. The van der Waals surface area contributed by atoms with Gasteiger partial charge in [-0.2, -0.15) is 0 Å². The summed E-state index contributed by atoms with van der Waals surface area (Å²) in [4.78, 5) is 32.1. The second-order valence-electron chi connectivity index (χ2n) is 26.6. The zero-order valence-corrected chi connectivity index (χ0v) is 56.8. The van der Waals surface area contributed by atoms with Crippen LogP contribution in [0.25, 0.3) is 179 Å². The van der Waals surface area contributed by atoms with Gasteiger partial charge in [0.1, 0.15) is 0 Å². The van der Waals surface area contributed by atoms with Crippen LogP contribution in [0.4, 0.5) is 0 Å². The number of hydrogen-bond donors (Lipinski definition) is 0. The van der Waals surface area contributed by atoms with Crippen molar-refractivity contribution in [3.63, 3.8) is 0 Å². The Bertz CT molecular complexity index is 5520. The second-order valence-corrected chi connectivity index (χ2v) is 26.6. The molecule has 0 amide bonds. The number of aromatic nitrogens is 8. The van der Waals surface area contributed by atoms with E-state index in [0.29, 0.717) is 34.9 Å². The van der Waals surface area contributed by atoms with Gasteiger partial charge in [-0.1, -0.05) is 265 Å². The van der Waals surface area contributed by atoms with Gasteiger partial charge < -0.3 is 9.13 Å². The van der Waals surface area contributed by atoms with E-state index in [1.807, 2.05) is 72.8 Å².